The molecular weight excluding hydrogens is 538 g/mol. The standard InChI is InChI=1S/C23H32FN6O6PS/c1-15(2)35-20(32)16(3)29-37(38,36-17-8-6-5-7-9-17)34-11-10-33-21(23(4,24)13-31)30-14-27-18-12-26-22(25)28-19(18)30/h5-9,12,14-16,21,31H,10-11,13H2,1-4H3,(H,29,38)(H2,25,26,28)/t16-,21-,23-,37+/m1/s1. The minimum absolute atomic E-state index is 0.0270. The summed E-state index contributed by atoms with van der Waals surface area (Å²) in [6.45, 7) is 1.80. The van der Waals surface area contributed by atoms with Crippen molar-refractivity contribution in [1.82, 2.24) is 24.6 Å². The van der Waals surface area contributed by atoms with Gasteiger partial charge in [0.05, 0.1) is 38.4 Å². The van der Waals surface area contributed by atoms with Gasteiger partial charge in [0.1, 0.15) is 17.3 Å². The van der Waals surface area contributed by atoms with Crippen molar-refractivity contribution in [2.75, 3.05) is 25.6 Å². The highest BCUT2D eigenvalue weighted by molar-refractivity contribution is 8.09. The molecule has 0 unspecified atom stereocenters. The maximum absolute atomic E-state index is 15.3. The fourth-order valence-electron chi connectivity index (χ4n) is 3.29. The van der Waals surface area contributed by atoms with E-state index in [1.54, 1.807) is 45.0 Å². The molecule has 0 fully saturated rings. The number of imidazole rings is 1. The molecule has 0 saturated heterocycles. The maximum atomic E-state index is 15.3. The number of halogens is 1. The largest absolute Gasteiger partial charge is 0.462 e. The van der Waals surface area contributed by atoms with Crippen LogP contribution in [0.1, 0.15) is 33.9 Å². The molecule has 2 aromatic heterocycles. The van der Waals surface area contributed by atoms with Gasteiger partial charge >= 0.3 is 12.6 Å². The van der Waals surface area contributed by atoms with Gasteiger partial charge in [-0.1, -0.05) is 18.2 Å². The number of benzene rings is 1. The monoisotopic (exact) mass is 570 g/mol. The zero-order valence-corrected chi connectivity index (χ0v) is 23.2. The number of rotatable bonds is 14. The van der Waals surface area contributed by atoms with Gasteiger partial charge < -0.3 is 29.4 Å². The van der Waals surface area contributed by atoms with E-state index in [4.69, 9.17) is 36.1 Å². The molecule has 38 heavy (non-hydrogen) atoms. The minimum atomic E-state index is -3.30. The summed E-state index contributed by atoms with van der Waals surface area (Å²) in [5.41, 5.74) is 4.07. The minimum Gasteiger partial charge on any atom is -0.462 e. The highest BCUT2D eigenvalue weighted by Crippen LogP contribution is 2.45. The van der Waals surface area contributed by atoms with Gasteiger partial charge in [0.2, 0.25) is 5.95 Å². The number of aromatic nitrogens is 4. The Labute approximate surface area is 224 Å². The number of hydrogen-bond acceptors (Lipinski definition) is 11. The van der Waals surface area contributed by atoms with Crippen molar-refractivity contribution in [3.63, 3.8) is 0 Å². The number of aliphatic hydroxyl groups excluding tert-OH is 1. The lowest BCUT2D eigenvalue weighted by Gasteiger charge is -2.30. The van der Waals surface area contributed by atoms with E-state index in [0.717, 1.165) is 0 Å². The number of aliphatic hydroxyl groups is 1. The molecule has 4 N–H and O–H groups in total. The van der Waals surface area contributed by atoms with Gasteiger partial charge in [-0.3, -0.25) is 9.36 Å². The van der Waals surface area contributed by atoms with Crippen molar-refractivity contribution in [3.05, 3.63) is 42.9 Å². The Morgan fingerprint density at radius 2 is 1.97 bits per heavy atom. The van der Waals surface area contributed by atoms with Gasteiger partial charge in [0, 0.05) is 0 Å². The number of nitrogens with zero attached hydrogens (tertiary/aromatic N) is 4. The number of fused-ring (bicyclic) bond motifs is 1. The number of nitrogen functional groups attached to an aromatic ring is 1. The summed E-state index contributed by atoms with van der Waals surface area (Å²) in [5.74, 6) is -0.110. The summed E-state index contributed by atoms with van der Waals surface area (Å²) >= 11 is 5.66. The molecule has 0 aliphatic rings. The Bertz CT molecular complexity index is 1260. The van der Waals surface area contributed by atoms with E-state index in [9.17, 15) is 9.90 Å². The predicted molar refractivity (Wildman–Crippen MR) is 142 cm³/mol. The summed E-state index contributed by atoms with van der Waals surface area (Å²) in [6.07, 6.45) is 1.07. The molecule has 4 atom stereocenters. The van der Waals surface area contributed by atoms with Gasteiger partial charge in [0.25, 0.3) is 0 Å². The van der Waals surface area contributed by atoms with E-state index in [1.165, 1.54) is 24.0 Å². The second-order valence-corrected chi connectivity index (χ2v) is 12.0. The number of anilines is 1. The van der Waals surface area contributed by atoms with E-state index < -0.39 is 37.2 Å². The summed E-state index contributed by atoms with van der Waals surface area (Å²) in [7, 11) is 0. The zero-order chi connectivity index (χ0) is 27.9. The van der Waals surface area contributed by atoms with Crippen molar-refractivity contribution in [2.45, 2.75) is 51.7 Å². The number of ether oxygens (including phenoxy) is 2. The smallest absolute Gasteiger partial charge is 0.323 e. The number of carbonyl (C=O) groups excluding carboxylic acids is 1. The molecule has 0 amide bonds. The quantitative estimate of drug-likeness (QED) is 0.148. The third kappa shape index (κ3) is 7.88. The number of para-hydroxylation sites is 1. The fourth-order valence-corrected chi connectivity index (χ4v) is 5.72. The van der Waals surface area contributed by atoms with Gasteiger partial charge in [-0.05, 0) is 51.6 Å². The van der Waals surface area contributed by atoms with Crippen molar-refractivity contribution in [3.8, 4) is 5.75 Å². The molecule has 1 aromatic carbocycles. The fraction of sp³-hybridized carbons (Fsp3) is 0.478. The van der Waals surface area contributed by atoms with Crippen LogP contribution in [0.15, 0.2) is 42.9 Å². The molecule has 0 aliphatic heterocycles. The van der Waals surface area contributed by atoms with E-state index in [-0.39, 0.29) is 30.9 Å². The molecule has 3 aromatic rings. The number of alkyl halides is 1. The van der Waals surface area contributed by atoms with Gasteiger partial charge in [-0.15, -0.1) is 0 Å². The van der Waals surface area contributed by atoms with Crippen molar-refractivity contribution >= 4 is 41.5 Å². The summed E-state index contributed by atoms with van der Waals surface area (Å²) < 4.78 is 39.5. The van der Waals surface area contributed by atoms with Crippen molar-refractivity contribution < 1.29 is 32.8 Å². The van der Waals surface area contributed by atoms with Crippen LogP contribution in [0, 0.1) is 0 Å². The lowest BCUT2D eigenvalue weighted by molar-refractivity contribution is -0.149. The van der Waals surface area contributed by atoms with Crippen LogP contribution >= 0.6 is 6.64 Å². The van der Waals surface area contributed by atoms with Crippen LogP contribution in [0.25, 0.3) is 11.2 Å². The Hall–Kier alpha value is -2.74. The summed E-state index contributed by atoms with van der Waals surface area (Å²) in [6, 6.07) is 7.91. The van der Waals surface area contributed by atoms with E-state index in [1.807, 2.05) is 6.07 Å². The third-order valence-electron chi connectivity index (χ3n) is 5.06. The Balaban J connectivity index is 1.74. The van der Waals surface area contributed by atoms with Crippen LogP contribution in [-0.4, -0.2) is 68.2 Å². The van der Waals surface area contributed by atoms with Crippen LogP contribution in [0.3, 0.4) is 0 Å². The SMILES string of the molecule is CC(C)OC(=O)[C@@H](C)N[P@](=S)(OCCO[C@@H](n1cnc2cnc(N)nc21)[C@](C)(F)CO)Oc1ccccc1. The first-order valence-electron chi connectivity index (χ1n) is 11.8. The number of carbonyl (C=O) groups is 1. The highest BCUT2D eigenvalue weighted by Gasteiger charge is 2.38. The second-order valence-electron chi connectivity index (χ2n) is 8.82. The second kappa shape index (κ2) is 12.9. The lowest BCUT2D eigenvalue weighted by Crippen LogP contribution is -2.38. The first-order valence-corrected chi connectivity index (χ1v) is 14.4. The number of nitrogens with two attached hydrogens (primary N) is 1. The molecule has 15 heteroatoms. The molecule has 0 radical (unpaired) electrons. The first kappa shape index (κ1) is 29.8. The van der Waals surface area contributed by atoms with Gasteiger partial charge in [-0.2, -0.15) is 4.98 Å². The zero-order valence-electron chi connectivity index (χ0n) is 21.5. The highest BCUT2D eigenvalue weighted by atomic mass is 32.5. The molecule has 0 saturated carbocycles. The van der Waals surface area contributed by atoms with E-state index in [0.29, 0.717) is 11.3 Å². The molecule has 12 nitrogen and oxygen atoms in total. The van der Waals surface area contributed by atoms with Gasteiger partial charge in [0.15, 0.2) is 17.5 Å². The van der Waals surface area contributed by atoms with Crippen LogP contribution in [0.4, 0.5) is 10.3 Å². The number of nitrogens with one attached hydrogen (secondary N) is 1. The first-order chi connectivity index (χ1) is 17.9. The van der Waals surface area contributed by atoms with Crippen LogP contribution in [-0.2, 0) is 30.6 Å². The average Bonchev–Trinajstić information content (AvgIpc) is 3.26. The van der Waals surface area contributed by atoms with Crippen molar-refractivity contribution in [1.29, 1.82) is 0 Å². The lowest BCUT2D eigenvalue weighted by atomic mass is 10.1. The molecule has 0 spiro atoms. The Morgan fingerprint density at radius 3 is 2.63 bits per heavy atom. The van der Waals surface area contributed by atoms with Crippen LogP contribution in [0.5, 0.6) is 5.75 Å². The Morgan fingerprint density at radius 1 is 1.26 bits per heavy atom. The topological polar surface area (TPSA) is 156 Å². The van der Waals surface area contributed by atoms with Gasteiger partial charge in [-0.25, -0.2) is 19.4 Å². The summed E-state index contributed by atoms with van der Waals surface area (Å²) in [4.78, 5) is 24.5. The van der Waals surface area contributed by atoms with E-state index in [2.05, 4.69) is 20.0 Å². The number of esters is 1. The summed E-state index contributed by atoms with van der Waals surface area (Å²) in [5, 5.41) is 12.6. The normalized spacial score (nSPS) is 16.5. The molecule has 2 heterocycles. The number of hydrogen-bond donors (Lipinski definition) is 3. The molecule has 208 valence electrons. The molecule has 0 aliphatic carbocycles. The van der Waals surface area contributed by atoms with Crippen molar-refractivity contribution in [2.24, 2.45) is 0 Å². The third-order valence-corrected chi connectivity index (χ3v) is 7.59. The van der Waals surface area contributed by atoms with Crippen LogP contribution < -0.4 is 15.3 Å². The maximum Gasteiger partial charge on any atom is 0.323 e. The van der Waals surface area contributed by atoms with E-state index >= 15 is 4.39 Å². The average molecular weight is 571 g/mol. The molecule has 0 bridgehead atoms. The van der Waals surface area contributed by atoms with Crippen LogP contribution in [0.2, 0.25) is 0 Å². The predicted octanol–water partition coefficient (Wildman–Crippen LogP) is 2.89. The molecular formula is C23H32FN6O6PS. The Kier molecular flexibility index (Phi) is 10.1. The molecule has 3 rings (SSSR count).